The first-order chi connectivity index (χ1) is 8.99. The zero-order valence-corrected chi connectivity index (χ0v) is 12.3. The second kappa shape index (κ2) is 6.80. The van der Waals surface area contributed by atoms with Crippen molar-refractivity contribution in [3.8, 4) is 0 Å². The van der Waals surface area contributed by atoms with Gasteiger partial charge < -0.3 is 19.7 Å². The van der Waals surface area contributed by atoms with E-state index >= 15 is 0 Å². The number of carbonyl (C=O) groups is 1. The van der Waals surface area contributed by atoms with Crippen molar-refractivity contribution in [1.82, 2.24) is 15.1 Å². The molecular weight excluding hydrogens is 251 g/mol. The fraction of sp³-hybridized carbons (Fsp3) is 0.385. The van der Waals surface area contributed by atoms with E-state index in [9.17, 15) is 9.90 Å². The van der Waals surface area contributed by atoms with Crippen molar-refractivity contribution in [2.24, 2.45) is 0 Å². The van der Waals surface area contributed by atoms with Gasteiger partial charge in [-0.2, -0.15) is 5.10 Å². The van der Waals surface area contributed by atoms with Crippen LogP contribution in [0.3, 0.4) is 0 Å². The number of hydrogen-bond acceptors (Lipinski definition) is 5. The van der Waals surface area contributed by atoms with Gasteiger partial charge in [-0.3, -0.25) is 5.10 Å². The van der Waals surface area contributed by atoms with E-state index in [1.54, 1.807) is 12.1 Å². The monoisotopic (exact) mass is 268 g/mol. The van der Waals surface area contributed by atoms with E-state index in [0.717, 1.165) is 24.3 Å². The summed E-state index contributed by atoms with van der Waals surface area (Å²) in [5, 5.41) is 18.8. The van der Waals surface area contributed by atoms with Crippen LogP contribution in [0.4, 0.5) is 5.82 Å². The summed E-state index contributed by atoms with van der Waals surface area (Å²) in [6.45, 7) is 1.76. The Kier molecular flexibility index (Phi) is 5.63. The van der Waals surface area contributed by atoms with Gasteiger partial charge in [0.25, 0.3) is 0 Å². The number of nitrogens with one attached hydrogen (secondary N) is 1. The molecule has 0 fully saturated rings. The molecule has 0 atom stereocenters. The maximum Gasteiger partial charge on any atom is 1.00 e. The number of aromatic carboxylic acids is 1. The average Bonchev–Trinajstić information content (AvgIpc) is 2.78. The molecule has 0 bridgehead atoms. The Morgan fingerprint density at radius 3 is 2.60 bits per heavy atom. The Hall–Kier alpha value is -1.48. The molecule has 0 amide bonds. The first-order valence-electron chi connectivity index (χ1n) is 6.04. The molecule has 1 aromatic carbocycles. The number of anilines is 1. The summed E-state index contributed by atoms with van der Waals surface area (Å²) in [6.07, 6.45) is 0. The van der Waals surface area contributed by atoms with Gasteiger partial charge in [-0.25, -0.2) is 0 Å². The predicted octanol–water partition coefficient (Wildman–Crippen LogP) is -3.07. The smallest absolute Gasteiger partial charge is 0.545 e. The number of carboxylic acids is 1. The molecule has 2 aromatic rings. The van der Waals surface area contributed by atoms with Crippen LogP contribution in [0.2, 0.25) is 0 Å². The Morgan fingerprint density at radius 1 is 1.30 bits per heavy atom. The largest absolute Gasteiger partial charge is 1.00 e. The Bertz CT molecular complexity index is 597. The number of hydrogen-bond donors (Lipinski definition) is 1. The quantitative estimate of drug-likeness (QED) is 0.582. The summed E-state index contributed by atoms with van der Waals surface area (Å²) in [7, 11) is 6.00. The number of benzene rings is 1. The number of aromatic nitrogens is 2. The molecule has 102 valence electrons. The van der Waals surface area contributed by atoms with Gasteiger partial charge in [-0.15, -0.1) is 0 Å². The van der Waals surface area contributed by atoms with Crippen LogP contribution < -0.4 is 28.9 Å². The number of carbonyl (C=O) groups excluding carboxylic acids is 1. The van der Waals surface area contributed by atoms with Crippen LogP contribution in [0.1, 0.15) is 10.4 Å². The van der Waals surface area contributed by atoms with Gasteiger partial charge in [0.05, 0.1) is 11.5 Å². The molecule has 7 heteroatoms. The minimum absolute atomic E-state index is 0. The molecular formula is C13H17LiN4O2. The molecule has 0 aliphatic carbocycles. The van der Waals surface area contributed by atoms with E-state index in [1.165, 1.54) is 6.07 Å². The van der Waals surface area contributed by atoms with Crippen molar-refractivity contribution in [3.63, 3.8) is 0 Å². The normalized spacial score (nSPS) is 10.6. The summed E-state index contributed by atoms with van der Waals surface area (Å²) in [4.78, 5) is 14.9. The van der Waals surface area contributed by atoms with E-state index in [0.29, 0.717) is 5.52 Å². The van der Waals surface area contributed by atoms with Crippen LogP contribution >= 0.6 is 0 Å². The summed E-state index contributed by atoms with van der Waals surface area (Å²) < 4.78 is 0. The molecule has 0 aliphatic rings. The van der Waals surface area contributed by atoms with Crippen molar-refractivity contribution < 1.29 is 28.8 Å². The molecule has 20 heavy (non-hydrogen) atoms. The summed E-state index contributed by atoms with van der Waals surface area (Å²) in [5.41, 5.74) is 0.854. The number of rotatable bonds is 5. The van der Waals surface area contributed by atoms with Crippen LogP contribution in [-0.2, 0) is 0 Å². The van der Waals surface area contributed by atoms with Gasteiger partial charge in [0, 0.05) is 25.5 Å². The number of fused-ring (bicyclic) bond motifs is 1. The molecule has 1 N–H and O–H groups in total. The zero-order chi connectivity index (χ0) is 14.0. The van der Waals surface area contributed by atoms with Crippen molar-refractivity contribution in [2.45, 2.75) is 0 Å². The Balaban J connectivity index is 0.00000200. The third-order valence-corrected chi connectivity index (χ3v) is 3.02. The van der Waals surface area contributed by atoms with E-state index in [2.05, 4.69) is 15.1 Å². The molecule has 1 aromatic heterocycles. The van der Waals surface area contributed by atoms with Crippen LogP contribution in [-0.4, -0.2) is 55.3 Å². The van der Waals surface area contributed by atoms with Gasteiger partial charge in [0.2, 0.25) is 0 Å². The van der Waals surface area contributed by atoms with E-state index in [1.807, 2.05) is 26.0 Å². The molecule has 2 rings (SSSR count). The van der Waals surface area contributed by atoms with E-state index in [4.69, 9.17) is 0 Å². The summed E-state index contributed by atoms with van der Waals surface area (Å²) in [5.74, 6) is -0.360. The fourth-order valence-corrected chi connectivity index (χ4v) is 1.88. The van der Waals surface area contributed by atoms with Gasteiger partial charge in [-0.1, -0.05) is 6.07 Å². The topological polar surface area (TPSA) is 75.3 Å². The third-order valence-electron chi connectivity index (χ3n) is 3.02. The minimum atomic E-state index is -1.18. The third kappa shape index (κ3) is 3.54. The molecule has 0 spiro atoms. The van der Waals surface area contributed by atoms with Crippen LogP contribution in [0, 0.1) is 0 Å². The second-order valence-electron chi connectivity index (χ2n) is 4.82. The minimum Gasteiger partial charge on any atom is -0.545 e. The number of aromatic amines is 1. The standard InChI is InChI=1S/C13H18N4O2.Li/c1-16(2)6-7-17(3)12-10-5-4-9(13(18)19)8-11(10)14-15-12;/h4-5,8H,6-7H2,1-3H3,(H,14,15)(H,18,19);/q;+1/p-1. The van der Waals surface area contributed by atoms with Gasteiger partial charge >= 0.3 is 18.9 Å². The molecule has 1 heterocycles. The molecule has 0 unspecified atom stereocenters. The van der Waals surface area contributed by atoms with Crippen molar-refractivity contribution >= 4 is 22.7 Å². The van der Waals surface area contributed by atoms with Crippen molar-refractivity contribution in [2.75, 3.05) is 39.1 Å². The SMILES string of the molecule is CN(C)CCN(C)c1n[nH]c2cc(C(=O)[O-])ccc12.[Li+]. The van der Waals surface area contributed by atoms with Crippen molar-refractivity contribution in [1.29, 1.82) is 0 Å². The summed E-state index contributed by atoms with van der Waals surface area (Å²) >= 11 is 0. The molecule has 0 radical (unpaired) electrons. The Morgan fingerprint density at radius 2 is 2.00 bits per heavy atom. The van der Waals surface area contributed by atoms with Gasteiger partial charge in [-0.05, 0) is 31.8 Å². The van der Waals surface area contributed by atoms with Gasteiger partial charge in [0.15, 0.2) is 5.82 Å². The van der Waals surface area contributed by atoms with Crippen LogP contribution in [0.15, 0.2) is 18.2 Å². The molecule has 0 saturated heterocycles. The van der Waals surface area contributed by atoms with Crippen LogP contribution in [0.25, 0.3) is 10.9 Å². The van der Waals surface area contributed by atoms with Gasteiger partial charge in [0.1, 0.15) is 0 Å². The number of nitrogens with zero attached hydrogens (tertiary/aromatic N) is 3. The van der Waals surface area contributed by atoms with Crippen LogP contribution in [0.5, 0.6) is 0 Å². The van der Waals surface area contributed by atoms with Crippen molar-refractivity contribution in [3.05, 3.63) is 23.8 Å². The number of likely N-dealkylation sites (N-methyl/N-ethyl adjacent to an activating group) is 2. The number of H-pyrrole nitrogens is 1. The first-order valence-corrected chi connectivity index (χ1v) is 6.04. The Labute approximate surface area is 129 Å². The van der Waals surface area contributed by atoms with E-state index in [-0.39, 0.29) is 24.4 Å². The fourth-order valence-electron chi connectivity index (χ4n) is 1.88. The zero-order valence-electron chi connectivity index (χ0n) is 12.3. The second-order valence-corrected chi connectivity index (χ2v) is 4.82. The maximum atomic E-state index is 10.8. The predicted molar refractivity (Wildman–Crippen MR) is 72.2 cm³/mol. The molecule has 6 nitrogen and oxygen atoms in total. The maximum absolute atomic E-state index is 10.8. The first kappa shape index (κ1) is 16.6. The molecule has 0 saturated carbocycles. The molecule has 0 aliphatic heterocycles. The summed E-state index contributed by atoms with van der Waals surface area (Å²) in [6, 6.07) is 4.84. The average molecular weight is 268 g/mol. The number of carboxylic acid groups (broad SMARTS) is 1. The van der Waals surface area contributed by atoms with E-state index < -0.39 is 5.97 Å².